The van der Waals surface area contributed by atoms with Crippen LogP contribution in [0.1, 0.15) is 37.0 Å². The summed E-state index contributed by atoms with van der Waals surface area (Å²) in [7, 11) is 0. The highest BCUT2D eigenvalue weighted by molar-refractivity contribution is 5.73. The maximum absolute atomic E-state index is 11.2. The first-order chi connectivity index (χ1) is 8.17. The lowest BCUT2D eigenvalue weighted by atomic mass is 10.00. The molecular weight excluding hydrogens is 216 g/mol. The van der Waals surface area contributed by atoms with Crippen molar-refractivity contribution in [1.82, 2.24) is 0 Å². The van der Waals surface area contributed by atoms with Crippen LogP contribution in [-0.4, -0.2) is 5.97 Å². The van der Waals surface area contributed by atoms with Crippen molar-refractivity contribution >= 4 is 5.97 Å². The van der Waals surface area contributed by atoms with Gasteiger partial charge in [0, 0.05) is 6.42 Å². The van der Waals surface area contributed by atoms with Gasteiger partial charge in [0.15, 0.2) is 0 Å². The number of hydrogen-bond acceptors (Lipinski definition) is 4. The third-order valence-corrected chi connectivity index (χ3v) is 2.37. The van der Waals surface area contributed by atoms with E-state index in [-0.39, 0.29) is 23.3 Å². The van der Waals surface area contributed by atoms with Crippen LogP contribution in [0.3, 0.4) is 0 Å². The molecule has 1 rings (SSSR count). The SMILES string of the molecule is CCC(=O)Oc1ccc(CC)c(C#N)c1C#N. The number of aryl methyl sites for hydroxylation is 1. The predicted molar refractivity (Wildman–Crippen MR) is 61.2 cm³/mol. The Morgan fingerprint density at radius 2 is 1.88 bits per heavy atom. The second kappa shape index (κ2) is 5.67. The Morgan fingerprint density at radius 3 is 2.35 bits per heavy atom. The molecule has 0 aliphatic heterocycles. The molecule has 17 heavy (non-hydrogen) atoms. The van der Waals surface area contributed by atoms with Gasteiger partial charge in [0.2, 0.25) is 0 Å². The monoisotopic (exact) mass is 228 g/mol. The number of nitrogens with zero attached hydrogens (tertiary/aromatic N) is 2. The highest BCUT2D eigenvalue weighted by Crippen LogP contribution is 2.25. The number of benzene rings is 1. The van der Waals surface area contributed by atoms with E-state index in [1.807, 2.05) is 19.1 Å². The van der Waals surface area contributed by atoms with E-state index < -0.39 is 5.97 Å². The first-order valence-electron chi connectivity index (χ1n) is 5.34. The van der Waals surface area contributed by atoms with Crippen molar-refractivity contribution in [2.45, 2.75) is 26.7 Å². The van der Waals surface area contributed by atoms with Crippen LogP contribution in [0.25, 0.3) is 0 Å². The lowest BCUT2D eigenvalue weighted by Crippen LogP contribution is -2.08. The molecule has 86 valence electrons. The molecule has 4 nitrogen and oxygen atoms in total. The fourth-order valence-corrected chi connectivity index (χ4v) is 1.44. The van der Waals surface area contributed by atoms with Crippen LogP contribution < -0.4 is 4.74 Å². The molecule has 0 bridgehead atoms. The summed E-state index contributed by atoms with van der Waals surface area (Å²) in [5.74, 6) is -0.261. The predicted octanol–water partition coefficient (Wildman–Crippen LogP) is 2.31. The highest BCUT2D eigenvalue weighted by atomic mass is 16.5. The summed E-state index contributed by atoms with van der Waals surface area (Å²) in [6.07, 6.45) is 0.877. The Labute approximate surface area is 100 Å². The minimum atomic E-state index is -0.422. The summed E-state index contributed by atoms with van der Waals surface area (Å²) in [6, 6.07) is 7.17. The summed E-state index contributed by atoms with van der Waals surface area (Å²) in [5, 5.41) is 18.1. The molecule has 0 saturated carbocycles. The van der Waals surface area contributed by atoms with E-state index in [1.165, 1.54) is 0 Å². The van der Waals surface area contributed by atoms with Crippen LogP contribution in [0, 0.1) is 22.7 Å². The highest BCUT2D eigenvalue weighted by Gasteiger charge is 2.15. The van der Waals surface area contributed by atoms with E-state index in [2.05, 4.69) is 0 Å². The maximum Gasteiger partial charge on any atom is 0.310 e. The molecule has 0 aliphatic carbocycles. The topological polar surface area (TPSA) is 73.9 Å². The van der Waals surface area contributed by atoms with Crippen molar-refractivity contribution in [2.24, 2.45) is 0 Å². The molecule has 0 aromatic heterocycles. The summed E-state index contributed by atoms with van der Waals surface area (Å²) in [5.41, 5.74) is 1.20. The van der Waals surface area contributed by atoms with Gasteiger partial charge in [-0.2, -0.15) is 10.5 Å². The molecule has 1 aromatic rings. The fraction of sp³-hybridized carbons (Fsp3) is 0.308. The van der Waals surface area contributed by atoms with Gasteiger partial charge in [0.05, 0.1) is 5.56 Å². The van der Waals surface area contributed by atoms with Crippen LogP contribution in [0.5, 0.6) is 5.75 Å². The number of nitriles is 2. The molecular formula is C13H12N2O2. The molecule has 0 N–H and O–H groups in total. The zero-order valence-corrected chi connectivity index (χ0v) is 9.78. The minimum Gasteiger partial charge on any atom is -0.425 e. The zero-order chi connectivity index (χ0) is 12.8. The van der Waals surface area contributed by atoms with E-state index in [4.69, 9.17) is 15.3 Å². The number of carbonyl (C=O) groups excluding carboxylic acids is 1. The molecule has 0 fully saturated rings. The van der Waals surface area contributed by atoms with Crippen molar-refractivity contribution in [2.75, 3.05) is 0 Å². The number of hydrogen-bond donors (Lipinski definition) is 0. The number of ether oxygens (including phenoxy) is 1. The summed E-state index contributed by atoms with van der Waals surface area (Å²) in [6.45, 7) is 3.56. The second-order valence-electron chi connectivity index (χ2n) is 3.38. The van der Waals surface area contributed by atoms with Crippen molar-refractivity contribution in [3.05, 3.63) is 28.8 Å². The van der Waals surface area contributed by atoms with E-state index >= 15 is 0 Å². The van der Waals surface area contributed by atoms with E-state index in [0.29, 0.717) is 6.42 Å². The molecule has 0 amide bonds. The van der Waals surface area contributed by atoms with Gasteiger partial charge in [-0.25, -0.2) is 0 Å². The lowest BCUT2D eigenvalue weighted by Gasteiger charge is -2.08. The molecule has 1 aromatic carbocycles. The van der Waals surface area contributed by atoms with Crippen LogP contribution in [0.15, 0.2) is 12.1 Å². The first kappa shape index (κ1) is 12.7. The van der Waals surface area contributed by atoms with Gasteiger partial charge in [-0.15, -0.1) is 0 Å². The van der Waals surface area contributed by atoms with Gasteiger partial charge in [0.1, 0.15) is 23.5 Å². The zero-order valence-electron chi connectivity index (χ0n) is 9.78. The molecule has 0 unspecified atom stereocenters. The number of esters is 1. The fourth-order valence-electron chi connectivity index (χ4n) is 1.44. The molecule has 4 heteroatoms. The van der Waals surface area contributed by atoms with Crippen molar-refractivity contribution in [3.8, 4) is 17.9 Å². The van der Waals surface area contributed by atoms with E-state index in [1.54, 1.807) is 19.1 Å². The van der Waals surface area contributed by atoms with Crippen LogP contribution >= 0.6 is 0 Å². The van der Waals surface area contributed by atoms with Crippen LogP contribution in [0.4, 0.5) is 0 Å². The van der Waals surface area contributed by atoms with Gasteiger partial charge in [-0.3, -0.25) is 4.79 Å². The summed E-state index contributed by atoms with van der Waals surface area (Å²) in [4.78, 5) is 11.2. The minimum absolute atomic E-state index is 0.133. The van der Waals surface area contributed by atoms with Crippen LogP contribution in [-0.2, 0) is 11.2 Å². The average molecular weight is 228 g/mol. The Bertz CT molecular complexity index is 521. The third kappa shape index (κ3) is 2.62. The largest absolute Gasteiger partial charge is 0.425 e. The Kier molecular flexibility index (Phi) is 4.25. The van der Waals surface area contributed by atoms with Crippen molar-refractivity contribution in [1.29, 1.82) is 10.5 Å². The maximum atomic E-state index is 11.2. The standard InChI is InChI=1S/C13H12N2O2/c1-3-9-5-6-12(17-13(16)4-2)11(8-15)10(9)7-14/h5-6H,3-4H2,1-2H3. The summed E-state index contributed by atoms with van der Waals surface area (Å²) < 4.78 is 5.02. The lowest BCUT2D eigenvalue weighted by molar-refractivity contribution is -0.134. The third-order valence-electron chi connectivity index (χ3n) is 2.37. The molecule has 0 spiro atoms. The van der Waals surface area contributed by atoms with Gasteiger partial charge in [0.25, 0.3) is 0 Å². The number of carbonyl (C=O) groups is 1. The second-order valence-corrected chi connectivity index (χ2v) is 3.38. The molecule has 0 atom stereocenters. The average Bonchev–Trinajstić information content (AvgIpc) is 2.37. The Hall–Kier alpha value is -2.33. The van der Waals surface area contributed by atoms with E-state index in [0.717, 1.165) is 5.56 Å². The van der Waals surface area contributed by atoms with Crippen LogP contribution in [0.2, 0.25) is 0 Å². The first-order valence-corrected chi connectivity index (χ1v) is 5.34. The Morgan fingerprint density at radius 1 is 1.24 bits per heavy atom. The number of rotatable bonds is 3. The van der Waals surface area contributed by atoms with Crippen molar-refractivity contribution in [3.63, 3.8) is 0 Å². The molecule has 0 aliphatic rings. The van der Waals surface area contributed by atoms with Gasteiger partial charge in [-0.1, -0.05) is 19.9 Å². The van der Waals surface area contributed by atoms with Gasteiger partial charge < -0.3 is 4.74 Å². The van der Waals surface area contributed by atoms with Crippen molar-refractivity contribution < 1.29 is 9.53 Å². The quantitative estimate of drug-likeness (QED) is 0.587. The molecule has 0 radical (unpaired) electrons. The molecule has 0 heterocycles. The normalized spacial score (nSPS) is 9.18. The molecule has 0 saturated heterocycles. The van der Waals surface area contributed by atoms with Gasteiger partial charge >= 0.3 is 5.97 Å². The van der Waals surface area contributed by atoms with Gasteiger partial charge in [-0.05, 0) is 18.1 Å². The van der Waals surface area contributed by atoms with E-state index in [9.17, 15) is 4.79 Å². The Balaban J connectivity index is 3.31. The summed E-state index contributed by atoms with van der Waals surface area (Å²) >= 11 is 0. The smallest absolute Gasteiger partial charge is 0.310 e.